The molecule has 5 nitrogen and oxygen atoms in total. The Hall–Kier alpha value is -1.46. The predicted octanol–water partition coefficient (Wildman–Crippen LogP) is 3.29. The molecule has 2 N–H and O–H groups in total. The van der Waals surface area contributed by atoms with Crippen molar-refractivity contribution in [2.45, 2.75) is 19.3 Å². The highest BCUT2D eigenvalue weighted by atomic mass is 35.5. The number of methoxy groups -OCH3 is 1. The van der Waals surface area contributed by atoms with Crippen LogP contribution in [0.3, 0.4) is 0 Å². The zero-order valence-corrected chi connectivity index (χ0v) is 12.9. The molecule has 0 aliphatic carbocycles. The average molecular weight is 313 g/mol. The Kier molecular flexibility index (Phi) is 6.14. The second-order valence-electron chi connectivity index (χ2n) is 5.10. The van der Waals surface area contributed by atoms with E-state index in [9.17, 15) is 4.79 Å². The summed E-state index contributed by atoms with van der Waals surface area (Å²) in [5.74, 6) is 1.22. The number of carbonyl (C=O) groups is 1. The van der Waals surface area contributed by atoms with Gasteiger partial charge in [-0.25, -0.2) is 4.79 Å². The minimum atomic E-state index is -0.252. The summed E-state index contributed by atoms with van der Waals surface area (Å²) in [6, 6.07) is 4.85. The van der Waals surface area contributed by atoms with Crippen LogP contribution in [-0.2, 0) is 4.74 Å². The smallest absolute Gasteiger partial charge is 0.319 e. The summed E-state index contributed by atoms with van der Waals surface area (Å²) in [7, 11) is 1.55. The van der Waals surface area contributed by atoms with Crippen LogP contribution >= 0.6 is 11.6 Å². The molecule has 2 rings (SSSR count). The van der Waals surface area contributed by atoms with E-state index in [2.05, 4.69) is 10.6 Å². The molecule has 0 unspecified atom stereocenters. The van der Waals surface area contributed by atoms with Gasteiger partial charge in [0.2, 0.25) is 0 Å². The molecule has 1 aromatic rings. The minimum absolute atomic E-state index is 0.252. The van der Waals surface area contributed by atoms with Gasteiger partial charge in [-0.2, -0.15) is 0 Å². The quantitative estimate of drug-likeness (QED) is 0.792. The molecule has 21 heavy (non-hydrogen) atoms. The number of urea groups is 1. The van der Waals surface area contributed by atoms with E-state index in [4.69, 9.17) is 21.1 Å². The van der Waals surface area contributed by atoms with Crippen molar-refractivity contribution in [1.82, 2.24) is 5.32 Å². The summed E-state index contributed by atoms with van der Waals surface area (Å²) >= 11 is 5.92. The number of hydrogen-bond donors (Lipinski definition) is 2. The number of halogens is 1. The van der Waals surface area contributed by atoms with Crippen LogP contribution in [0, 0.1) is 5.92 Å². The van der Waals surface area contributed by atoms with Crippen molar-refractivity contribution in [1.29, 1.82) is 0 Å². The molecule has 1 fully saturated rings. The molecular weight excluding hydrogens is 292 g/mol. The summed E-state index contributed by atoms with van der Waals surface area (Å²) in [5.41, 5.74) is 0.562. The Labute approximate surface area is 130 Å². The van der Waals surface area contributed by atoms with Crippen LogP contribution in [0.25, 0.3) is 0 Å². The third-order valence-electron chi connectivity index (χ3n) is 3.51. The zero-order valence-electron chi connectivity index (χ0n) is 12.2. The van der Waals surface area contributed by atoms with E-state index in [0.717, 1.165) is 32.5 Å². The maximum absolute atomic E-state index is 11.8. The molecule has 0 spiro atoms. The number of nitrogens with one attached hydrogen (secondary N) is 2. The van der Waals surface area contributed by atoms with E-state index in [1.165, 1.54) is 0 Å². The van der Waals surface area contributed by atoms with E-state index >= 15 is 0 Å². The normalized spacial score (nSPS) is 17.5. The second-order valence-corrected chi connectivity index (χ2v) is 5.53. The number of ether oxygens (including phenoxy) is 2. The van der Waals surface area contributed by atoms with Gasteiger partial charge in [0.1, 0.15) is 5.75 Å². The molecule has 1 saturated heterocycles. The van der Waals surface area contributed by atoms with Crippen LogP contribution in [0.4, 0.5) is 10.5 Å². The first-order valence-corrected chi connectivity index (χ1v) is 7.53. The van der Waals surface area contributed by atoms with Gasteiger partial charge in [-0.05, 0) is 43.4 Å². The van der Waals surface area contributed by atoms with Crippen LogP contribution in [0.5, 0.6) is 5.75 Å². The first-order chi connectivity index (χ1) is 10.2. The molecule has 0 aromatic heterocycles. The maximum atomic E-state index is 11.8. The van der Waals surface area contributed by atoms with Gasteiger partial charge >= 0.3 is 6.03 Å². The number of anilines is 1. The van der Waals surface area contributed by atoms with Crippen LogP contribution in [-0.4, -0.2) is 32.9 Å². The standard InChI is InChI=1S/C15H21ClN2O3/c1-20-14-5-4-12(16)9-13(14)18-15(19)17-7-2-3-11-6-8-21-10-11/h4-5,9,11H,2-3,6-8,10H2,1H3,(H2,17,18,19)/t11-/m0/s1. The Morgan fingerprint density at radius 2 is 2.38 bits per heavy atom. The molecule has 6 heteroatoms. The largest absolute Gasteiger partial charge is 0.495 e. The van der Waals surface area contributed by atoms with Crippen molar-refractivity contribution >= 4 is 23.3 Å². The third kappa shape index (κ3) is 5.10. The highest BCUT2D eigenvalue weighted by molar-refractivity contribution is 6.31. The van der Waals surface area contributed by atoms with Gasteiger partial charge in [-0.3, -0.25) is 0 Å². The number of carbonyl (C=O) groups excluding carboxylic acids is 1. The summed E-state index contributed by atoms with van der Waals surface area (Å²) in [6.07, 6.45) is 3.17. The molecule has 2 amide bonds. The molecule has 0 radical (unpaired) electrons. The fraction of sp³-hybridized carbons (Fsp3) is 0.533. The van der Waals surface area contributed by atoms with Gasteiger partial charge in [0, 0.05) is 24.8 Å². The summed E-state index contributed by atoms with van der Waals surface area (Å²) in [4.78, 5) is 11.8. The summed E-state index contributed by atoms with van der Waals surface area (Å²) in [6.45, 7) is 2.37. The molecule has 116 valence electrons. The monoisotopic (exact) mass is 312 g/mol. The van der Waals surface area contributed by atoms with Crippen molar-refractivity contribution in [3.8, 4) is 5.75 Å². The van der Waals surface area contributed by atoms with Gasteiger partial charge < -0.3 is 20.1 Å². The van der Waals surface area contributed by atoms with Crippen molar-refractivity contribution in [3.63, 3.8) is 0 Å². The Morgan fingerprint density at radius 3 is 3.10 bits per heavy atom. The van der Waals surface area contributed by atoms with Gasteiger partial charge in [-0.15, -0.1) is 0 Å². The number of rotatable bonds is 6. The Balaban J connectivity index is 1.72. The topological polar surface area (TPSA) is 59.6 Å². The van der Waals surface area contributed by atoms with Crippen molar-refractivity contribution < 1.29 is 14.3 Å². The number of amides is 2. The van der Waals surface area contributed by atoms with E-state index in [1.54, 1.807) is 25.3 Å². The first kappa shape index (κ1) is 15.9. The van der Waals surface area contributed by atoms with E-state index in [0.29, 0.717) is 28.9 Å². The highest BCUT2D eigenvalue weighted by Crippen LogP contribution is 2.27. The lowest BCUT2D eigenvalue weighted by molar-refractivity contribution is 0.184. The lowest BCUT2D eigenvalue weighted by Crippen LogP contribution is -2.30. The van der Waals surface area contributed by atoms with Gasteiger partial charge in [0.15, 0.2) is 0 Å². The molecule has 0 bridgehead atoms. The third-order valence-corrected chi connectivity index (χ3v) is 3.74. The molecule has 1 aliphatic heterocycles. The Morgan fingerprint density at radius 1 is 1.52 bits per heavy atom. The summed E-state index contributed by atoms with van der Waals surface area (Å²) < 4.78 is 10.5. The van der Waals surface area contributed by atoms with Crippen molar-refractivity contribution in [2.75, 3.05) is 32.2 Å². The van der Waals surface area contributed by atoms with E-state index in [-0.39, 0.29) is 6.03 Å². The SMILES string of the molecule is COc1ccc(Cl)cc1NC(=O)NCCC[C@H]1CCOC1. The molecule has 1 heterocycles. The zero-order chi connectivity index (χ0) is 15.1. The van der Waals surface area contributed by atoms with E-state index < -0.39 is 0 Å². The predicted molar refractivity (Wildman–Crippen MR) is 83.2 cm³/mol. The number of benzene rings is 1. The number of hydrogen-bond acceptors (Lipinski definition) is 3. The fourth-order valence-electron chi connectivity index (χ4n) is 2.35. The van der Waals surface area contributed by atoms with Crippen LogP contribution in [0.1, 0.15) is 19.3 Å². The molecule has 1 atom stereocenters. The lowest BCUT2D eigenvalue weighted by atomic mass is 10.0. The second kappa shape index (κ2) is 8.10. The Bertz CT molecular complexity index is 476. The van der Waals surface area contributed by atoms with Crippen molar-refractivity contribution in [3.05, 3.63) is 23.2 Å². The van der Waals surface area contributed by atoms with Gasteiger partial charge in [-0.1, -0.05) is 11.6 Å². The van der Waals surface area contributed by atoms with Gasteiger partial charge in [0.05, 0.1) is 12.8 Å². The van der Waals surface area contributed by atoms with Crippen LogP contribution in [0.2, 0.25) is 5.02 Å². The van der Waals surface area contributed by atoms with Crippen LogP contribution in [0.15, 0.2) is 18.2 Å². The highest BCUT2D eigenvalue weighted by Gasteiger charge is 2.15. The maximum Gasteiger partial charge on any atom is 0.319 e. The minimum Gasteiger partial charge on any atom is -0.495 e. The molecule has 1 aromatic carbocycles. The van der Waals surface area contributed by atoms with Crippen molar-refractivity contribution in [2.24, 2.45) is 5.92 Å². The van der Waals surface area contributed by atoms with Crippen LogP contribution < -0.4 is 15.4 Å². The molecular formula is C15H21ClN2O3. The fourth-order valence-corrected chi connectivity index (χ4v) is 2.52. The first-order valence-electron chi connectivity index (χ1n) is 7.15. The molecule has 1 aliphatic rings. The summed E-state index contributed by atoms with van der Waals surface area (Å²) in [5, 5.41) is 6.13. The average Bonchev–Trinajstić information content (AvgIpc) is 2.97. The van der Waals surface area contributed by atoms with Gasteiger partial charge in [0.25, 0.3) is 0 Å². The van der Waals surface area contributed by atoms with E-state index in [1.807, 2.05) is 0 Å². The lowest BCUT2D eigenvalue weighted by Gasteiger charge is -2.12. The molecule has 0 saturated carbocycles.